The Labute approximate surface area is 167 Å². The largest absolute Gasteiger partial charge is 0.349 e. The van der Waals surface area contributed by atoms with Crippen molar-refractivity contribution in [2.45, 2.75) is 39.0 Å². The number of aliphatic imine (C=N–C) groups is 1. The summed E-state index contributed by atoms with van der Waals surface area (Å²) in [6.07, 6.45) is 5.36. The van der Waals surface area contributed by atoms with Crippen LogP contribution in [0.25, 0.3) is 0 Å². The van der Waals surface area contributed by atoms with Gasteiger partial charge in [-0.05, 0) is 44.7 Å². The predicted octanol–water partition coefficient (Wildman–Crippen LogP) is 1.94. The Balaban J connectivity index is 1.33. The SMILES string of the molecule is Cc1ccc(N2NC(C(=O)NCCc3nc4c(s3)CCCC4)=NCC2=O)cc1. The molecule has 0 unspecified atom stereocenters. The van der Waals surface area contributed by atoms with Crippen molar-refractivity contribution in [2.24, 2.45) is 4.99 Å². The number of aromatic nitrogens is 1. The minimum Gasteiger partial charge on any atom is -0.349 e. The van der Waals surface area contributed by atoms with Gasteiger partial charge in [0.25, 0.3) is 11.8 Å². The van der Waals surface area contributed by atoms with Gasteiger partial charge in [-0.2, -0.15) is 0 Å². The van der Waals surface area contributed by atoms with E-state index in [-0.39, 0.29) is 24.2 Å². The van der Waals surface area contributed by atoms with E-state index in [4.69, 9.17) is 4.98 Å². The molecule has 1 aliphatic heterocycles. The van der Waals surface area contributed by atoms with Gasteiger partial charge in [0.15, 0.2) is 0 Å². The molecule has 8 heteroatoms. The Bertz CT molecular complexity index is 896. The second-order valence-electron chi connectivity index (χ2n) is 7.03. The molecule has 1 aromatic heterocycles. The van der Waals surface area contributed by atoms with Crippen LogP contribution in [0.3, 0.4) is 0 Å². The van der Waals surface area contributed by atoms with Crippen LogP contribution < -0.4 is 15.8 Å². The molecule has 2 aromatic rings. The van der Waals surface area contributed by atoms with Gasteiger partial charge >= 0.3 is 0 Å². The quantitative estimate of drug-likeness (QED) is 0.807. The summed E-state index contributed by atoms with van der Waals surface area (Å²) in [5, 5.41) is 5.32. The zero-order valence-electron chi connectivity index (χ0n) is 15.8. The summed E-state index contributed by atoms with van der Waals surface area (Å²) in [7, 11) is 0. The predicted molar refractivity (Wildman–Crippen MR) is 110 cm³/mol. The lowest BCUT2D eigenvalue weighted by Gasteiger charge is -2.27. The van der Waals surface area contributed by atoms with Crippen LogP contribution in [-0.4, -0.2) is 35.7 Å². The maximum Gasteiger partial charge on any atom is 0.288 e. The second kappa shape index (κ2) is 8.10. The normalized spacial score (nSPS) is 16.2. The van der Waals surface area contributed by atoms with E-state index >= 15 is 0 Å². The van der Waals surface area contributed by atoms with E-state index in [0.29, 0.717) is 18.7 Å². The van der Waals surface area contributed by atoms with E-state index in [1.165, 1.54) is 28.4 Å². The Kier molecular flexibility index (Phi) is 5.38. The number of amides is 2. The third-order valence-electron chi connectivity index (χ3n) is 4.86. The molecule has 7 nitrogen and oxygen atoms in total. The molecule has 146 valence electrons. The van der Waals surface area contributed by atoms with Crippen LogP contribution >= 0.6 is 11.3 Å². The molecule has 0 radical (unpaired) electrons. The van der Waals surface area contributed by atoms with Gasteiger partial charge in [0, 0.05) is 17.8 Å². The summed E-state index contributed by atoms with van der Waals surface area (Å²) < 4.78 is 0. The lowest BCUT2D eigenvalue weighted by Crippen LogP contribution is -2.55. The molecule has 1 aromatic carbocycles. The van der Waals surface area contributed by atoms with Crippen molar-refractivity contribution in [1.29, 1.82) is 0 Å². The van der Waals surface area contributed by atoms with Crippen LogP contribution in [0.5, 0.6) is 0 Å². The van der Waals surface area contributed by atoms with Crippen molar-refractivity contribution >= 4 is 34.7 Å². The first-order chi connectivity index (χ1) is 13.6. The molecule has 0 saturated carbocycles. The molecular weight excluding hydrogens is 374 g/mol. The first kappa shape index (κ1) is 18.6. The van der Waals surface area contributed by atoms with Crippen LogP contribution in [0.1, 0.15) is 34.0 Å². The van der Waals surface area contributed by atoms with Crippen LogP contribution in [0.15, 0.2) is 29.3 Å². The first-order valence-corrected chi connectivity index (χ1v) is 10.4. The van der Waals surface area contributed by atoms with E-state index < -0.39 is 0 Å². The van der Waals surface area contributed by atoms with Crippen LogP contribution in [0.2, 0.25) is 0 Å². The van der Waals surface area contributed by atoms with Crippen molar-refractivity contribution < 1.29 is 9.59 Å². The summed E-state index contributed by atoms with van der Waals surface area (Å²) in [5.41, 5.74) is 5.86. The Morgan fingerprint density at radius 1 is 1.25 bits per heavy atom. The summed E-state index contributed by atoms with van der Waals surface area (Å²) in [6, 6.07) is 7.52. The van der Waals surface area contributed by atoms with Crippen LogP contribution in [0.4, 0.5) is 5.69 Å². The van der Waals surface area contributed by atoms with Gasteiger partial charge in [-0.3, -0.25) is 20.0 Å². The van der Waals surface area contributed by atoms with Gasteiger partial charge in [0.05, 0.1) is 16.4 Å². The third kappa shape index (κ3) is 4.06. The number of carbonyl (C=O) groups excluding carboxylic acids is 2. The molecule has 0 bridgehead atoms. The molecule has 4 rings (SSSR count). The topological polar surface area (TPSA) is 86.7 Å². The molecule has 28 heavy (non-hydrogen) atoms. The number of hydrazine groups is 1. The van der Waals surface area contributed by atoms with Gasteiger partial charge in [0.2, 0.25) is 5.84 Å². The number of benzene rings is 1. The fraction of sp³-hybridized carbons (Fsp3) is 0.400. The number of amidine groups is 1. The molecule has 0 spiro atoms. The number of aryl methyl sites for hydroxylation is 3. The summed E-state index contributed by atoms with van der Waals surface area (Å²) in [4.78, 5) is 34.8. The number of fused-ring (bicyclic) bond motifs is 1. The summed E-state index contributed by atoms with van der Waals surface area (Å²) in [5.74, 6) is -0.363. The second-order valence-corrected chi connectivity index (χ2v) is 8.20. The van der Waals surface area contributed by atoms with Gasteiger partial charge in [-0.1, -0.05) is 17.7 Å². The van der Waals surface area contributed by atoms with Crippen LogP contribution in [0, 0.1) is 6.92 Å². The minimum atomic E-state index is -0.314. The molecule has 1 aliphatic carbocycles. The fourth-order valence-electron chi connectivity index (χ4n) is 3.33. The standard InChI is InChI=1S/C20H23N5O2S/c1-13-6-8-14(9-7-13)25-18(26)12-22-19(24-25)20(27)21-11-10-17-23-15-4-2-3-5-16(15)28-17/h6-9H,2-5,10-12H2,1H3,(H,21,27)(H,22,24). The van der Waals surface area contributed by atoms with Crippen molar-refractivity contribution in [2.75, 3.05) is 18.1 Å². The average Bonchev–Trinajstić information content (AvgIpc) is 3.12. The van der Waals surface area contributed by atoms with Crippen molar-refractivity contribution in [3.8, 4) is 0 Å². The zero-order chi connectivity index (χ0) is 19.5. The van der Waals surface area contributed by atoms with Crippen molar-refractivity contribution in [3.05, 3.63) is 45.4 Å². The first-order valence-electron chi connectivity index (χ1n) is 9.56. The third-order valence-corrected chi connectivity index (χ3v) is 6.08. The fourth-order valence-corrected chi connectivity index (χ4v) is 4.48. The van der Waals surface area contributed by atoms with E-state index in [1.54, 1.807) is 11.3 Å². The molecule has 2 heterocycles. The highest BCUT2D eigenvalue weighted by Crippen LogP contribution is 2.26. The summed E-state index contributed by atoms with van der Waals surface area (Å²) >= 11 is 1.76. The highest BCUT2D eigenvalue weighted by molar-refractivity contribution is 7.11. The highest BCUT2D eigenvalue weighted by atomic mass is 32.1. The minimum absolute atomic E-state index is 0.0527. The number of hydrogen-bond donors (Lipinski definition) is 2. The maximum atomic E-state index is 12.5. The average molecular weight is 398 g/mol. The monoisotopic (exact) mass is 397 g/mol. The van der Waals surface area contributed by atoms with Crippen molar-refractivity contribution in [1.82, 2.24) is 15.7 Å². The number of thiazole rings is 1. The number of anilines is 1. The van der Waals surface area contributed by atoms with E-state index in [9.17, 15) is 9.59 Å². The Morgan fingerprint density at radius 2 is 2.04 bits per heavy atom. The number of rotatable bonds is 5. The van der Waals surface area contributed by atoms with Gasteiger partial charge in [-0.25, -0.2) is 9.99 Å². The van der Waals surface area contributed by atoms with E-state index in [2.05, 4.69) is 15.7 Å². The number of nitrogens with zero attached hydrogens (tertiary/aromatic N) is 3. The molecule has 2 amide bonds. The number of carbonyl (C=O) groups is 2. The smallest absolute Gasteiger partial charge is 0.288 e. The Hall–Kier alpha value is -2.74. The zero-order valence-corrected chi connectivity index (χ0v) is 16.6. The summed E-state index contributed by atoms with van der Waals surface area (Å²) in [6.45, 7) is 2.42. The van der Waals surface area contributed by atoms with Gasteiger partial charge in [-0.15, -0.1) is 11.3 Å². The van der Waals surface area contributed by atoms with E-state index in [1.807, 2.05) is 31.2 Å². The van der Waals surface area contributed by atoms with E-state index in [0.717, 1.165) is 23.4 Å². The number of nitrogens with one attached hydrogen (secondary N) is 2. The van der Waals surface area contributed by atoms with Crippen LogP contribution in [-0.2, 0) is 28.9 Å². The Morgan fingerprint density at radius 3 is 2.82 bits per heavy atom. The van der Waals surface area contributed by atoms with Crippen molar-refractivity contribution in [3.63, 3.8) is 0 Å². The molecule has 2 N–H and O–H groups in total. The lowest BCUT2D eigenvalue weighted by atomic mass is 10.0. The molecule has 0 fully saturated rings. The maximum absolute atomic E-state index is 12.5. The van der Waals surface area contributed by atoms with Gasteiger partial charge < -0.3 is 5.32 Å². The molecule has 2 aliphatic rings. The molecule has 0 atom stereocenters. The highest BCUT2D eigenvalue weighted by Gasteiger charge is 2.25. The lowest BCUT2D eigenvalue weighted by molar-refractivity contribution is -0.118. The molecule has 0 saturated heterocycles. The molecular formula is C20H23N5O2S. The van der Waals surface area contributed by atoms with Gasteiger partial charge in [0.1, 0.15) is 6.54 Å². The number of hydrogen-bond acceptors (Lipinski definition) is 6.